The molecular formula is C15H32Cl2NSiTi-5. The summed E-state index contributed by atoms with van der Waals surface area (Å²) < 4.78 is 0. The Labute approximate surface area is 158 Å². The van der Waals surface area contributed by atoms with Gasteiger partial charge >= 0.3 is 21.7 Å². The predicted octanol–water partition coefficient (Wildman–Crippen LogP) is -0.404. The van der Waals surface area contributed by atoms with Crippen LogP contribution in [0.2, 0.25) is 13.1 Å². The normalized spacial score (nSPS) is 11.6. The molecule has 0 spiro atoms. The Morgan fingerprint density at radius 2 is 1.40 bits per heavy atom. The summed E-state index contributed by atoms with van der Waals surface area (Å²) in [5, 5.41) is 1.56. The smallest absolute Gasteiger partial charge is 1.00 e. The van der Waals surface area contributed by atoms with Crippen LogP contribution in [0.25, 0.3) is 4.98 Å². The number of hydrogen-bond acceptors (Lipinski definition) is 0. The molecule has 0 aliphatic heterocycles. The van der Waals surface area contributed by atoms with Crippen LogP contribution in [0.3, 0.4) is 0 Å². The molecule has 0 saturated heterocycles. The van der Waals surface area contributed by atoms with E-state index >= 15 is 0 Å². The van der Waals surface area contributed by atoms with Crippen molar-refractivity contribution in [2.75, 3.05) is 0 Å². The van der Waals surface area contributed by atoms with Crippen LogP contribution in [0.4, 0.5) is 0 Å². The summed E-state index contributed by atoms with van der Waals surface area (Å²) in [5.74, 6) is 0. The van der Waals surface area contributed by atoms with Gasteiger partial charge in [0.1, 0.15) is 0 Å². The molecule has 0 aromatic heterocycles. The molecule has 0 fully saturated rings. The molecule has 1 rings (SSSR count). The zero-order valence-electron chi connectivity index (χ0n) is 14.6. The first-order chi connectivity index (χ1) is 5.81. The first-order valence-electron chi connectivity index (χ1n) is 4.91. The number of halogens is 2. The number of nitrogens with zero attached hydrogens (tertiary/aromatic N) is 1. The predicted molar refractivity (Wildman–Crippen MR) is 88.1 cm³/mol. The summed E-state index contributed by atoms with van der Waals surface area (Å²) >= 11 is 0. The second kappa shape index (κ2) is 16.3. The fourth-order valence-corrected chi connectivity index (χ4v) is 4.75. The molecule has 0 saturated carbocycles. The summed E-state index contributed by atoms with van der Waals surface area (Å²) in [6.45, 7) is 11.2. The van der Waals surface area contributed by atoms with E-state index in [0.29, 0.717) is 0 Å². The van der Waals surface area contributed by atoms with Crippen LogP contribution in [0.15, 0.2) is 23.4 Å². The van der Waals surface area contributed by atoms with Crippen LogP contribution in [0.1, 0.15) is 27.2 Å². The molecule has 0 aromatic carbocycles. The minimum atomic E-state index is -1.48. The van der Waals surface area contributed by atoms with Gasteiger partial charge in [-0.2, -0.15) is 0 Å². The van der Waals surface area contributed by atoms with Gasteiger partial charge in [-0.25, -0.2) is 0 Å². The van der Waals surface area contributed by atoms with E-state index in [2.05, 4.69) is 52.1 Å². The summed E-state index contributed by atoms with van der Waals surface area (Å²) in [6.07, 6.45) is 7.75. The van der Waals surface area contributed by atoms with Gasteiger partial charge in [0.2, 0.25) is 0 Å². The van der Waals surface area contributed by atoms with E-state index in [-0.39, 0.29) is 81.8 Å². The topological polar surface area (TPSA) is 14.1 Å². The molecule has 0 heterocycles. The zero-order valence-corrected chi connectivity index (χ0v) is 18.7. The Hall–Kier alpha value is 0.951. The molecule has 1 nitrogen and oxygen atoms in total. The largest absolute Gasteiger partial charge is 2.00 e. The van der Waals surface area contributed by atoms with Gasteiger partial charge in [0.15, 0.2) is 0 Å². The third kappa shape index (κ3) is 15.3. The van der Waals surface area contributed by atoms with Crippen molar-refractivity contribution in [2.45, 2.75) is 45.8 Å². The molecule has 0 radical (unpaired) electrons. The summed E-state index contributed by atoms with van der Waals surface area (Å²) in [5.41, 5.74) is 0.110. The monoisotopic (exact) mass is 372 g/mol. The van der Waals surface area contributed by atoms with Crippen molar-refractivity contribution in [2.24, 2.45) is 0 Å². The first kappa shape index (κ1) is 42.8. The van der Waals surface area contributed by atoms with Gasteiger partial charge in [-0.3, -0.25) is 0 Å². The summed E-state index contributed by atoms with van der Waals surface area (Å²) in [7, 11) is -1.48. The van der Waals surface area contributed by atoms with Gasteiger partial charge < -0.3 is 59.5 Å². The van der Waals surface area contributed by atoms with E-state index in [1.54, 1.807) is 5.20 Å². The third-order valence-corrected chi connectivity index (χ3v) is 5.34. The molecular weight excluding hydrogens is 341 g/mol. The standard InChI is InChI=1S/C11H20NSi.4CH3.2ClH.Ti/c1-11(2,3)12-13(4,5)10-8-6-7-9-10;;;;;;;/h6-8H,9H2,1-5H3;4*1H3;2*1H;/q5*-1;;;+2/p-2. The average Bonchev–Trinajstić information content (AvgIpc) is 2.29. The molecule has 1 aliphatic carbocycles. The van der Waals surface area contributed by atoms with E-state index in [9.17, 15) is 0 Å². The van der Waals surface area contributed by atoms with Crippen LogP contribution >= 0.6 is 0 Å². The maximum atomic E-state index is 4.95. The molecule has 5 heteroatoms. The van der Waals surface area contributed by atoms with Crippen LogP contribution in [-0.2, 0) is 21.7 Å². The average molecular weight is 373 g/mol. The van der Waals surface area contributed by atoms with Crippen LogP contribution in [0.5, 0.6) is 0 Å². The molecule has 0 unspecified atom stereocenters. The zero-order chi connectivity index (χ0) is 10.1. The van der Waals surface area contributed by atoms with Crippen molar-refractivity contribution in [1.29, 1.82) is 0 Å². The van der Waals surface area contributed by atoms with Crippen molar-refractivity contribution >= 4 is 8.24 Å². The minimum Gasteiger partial charge on any atom is -1.00 e. The number of rotatable bonds is 2. The second-order valence-corrected chi connectivity index (χ2v) is 9.15. The Bertz CT molecular complexity index is 259. The van der Waals surface area contributed by atoms with Gasteiger partial charge in [0.25, 0.3) is 0 Å². The SMILES string of the molecule is CC(C)(C)[N-][Si](C)(C)C1=CC=CC1.[CH3-].[CH3-].[CH3-].[CH3-].[Cl-].[Cl-].[Ti+2]. The second-order valence-electron chi connectivity index (χ2n) is 5.17. The van der Waals surface area contributed by atoms with Crippen molar-refractivity contribution in [3.8, 4) is 0 Å². The molecule has 20 heavy (non-hydrogen) atoms. The number of allylic oxidation sites excluding steroid dienone is 4. The van der Waals surface area contributed by atoms with Gasteiger partial charge in [-0.15, -0.1) is 5.54 Å². The van der Waals surface area contributed by atoms with E-state index in [1.165, 1.54) is 0 Å². The first-order valence-corrected chi connectivity index (χ1v) is 7.86. The fraction of sp³-hybridized carbons (Fsp3) is 0.467. The van der Waals surface area contributed by atoms with Crippen LogP contribution < -0.4 is 24.8 Å². The Morgan fingerprint density at radius 1 is 1.00 bits per heavy atom. The van der Waals surface area contributed by atoms with E-state index in [4.69, 9.17) is 4.98 Å². The van der Waals surface area contributed by atoms with Gasteiger partial charge in [-0.05, 0) is 14.7 Å². The maximum Gasteiger partial charge on any atom is 2.00 e. The molecule has 0 N–H and O–H groups in total. The van der Waals surface area contributed by atoms with Crippen molar-refractivity contribution in [3.63, 3.8) is 0 Å². The van der Waals surface area contributed by atoms with Crippen molar-refractivity contribution < 1.29 is 46.5 Å². The molecule has 0 aromatic rings. The van der Waals surface area contributed by atoms with Crippen molar-refractivity contribution in [3.05, 3.63) is 58.1 Å². The molecule has 0 bridgehead atoms. The number of hydrogen-bond donors (Lipinski definition) is 0. The van der Waals surface area contributed by atoms with Gasteiger partial charge in [0, 0.05) is 0 Å². The molecule has 0 amide bonds. The molecule has 0 atom stereocenters. The Kier molecular flexibility index (Phi) is 35.0. The van der Waals surface area contributed by atoms with Crippen molar-refractivity contribution in [1.82, 2.24) is 0 Å². The summed E-state index contributed by atoms with van der Waals surface area (Å²) in [4.78, 5) is 4.95. The van der Waals surface area contributed by atoms with Gasteiger partial charge in [0.05, 0.1) is 0 Å². The van der Waals surface area contributed by atoms with Crippen LogP contribution in [-0.4, -0.2) is 13.8 Å². The Morgan fingerprint density at radius 3 is 1.65 bits per heavy atom. The van der Waals surface area contributed by atoms with Crippen LogP contribution in [0, 0.1) is 29.7 Å². The Balaban J connectivity index is -0.0000000483. The van der Waals surface area contributed by atoms with E-state index in [0.717, 1.165) is 6.42 Å². The molecule has 1 aliphatic rings. The van der Waals surface area contributed by atoms with E-state index in [1.807, 2.05) is 0 Å². The quantitative estimate of drug-likeness (QED) is 0.462. The third-order valence-electron chi connectivity index (χ3n) is 2.17. The molecule has 124 valence electrons. The van der Waals surface area contributed by atoms with Gasteiger partial charge in [-0.1, -0.05) is 57.3 Å². The van der Waals surface area contributed by atoms with E-state index < -0.39 is 8.24 Å². The fourth-order valence-electron chi connectivity index (χ4n) is 1.81. The maximum absolute atomic E-state index is 4.95. The summed E-state index contributed by atoms with van der Waals surface area (Å²) in [6, 6.07) is 0. The minimum absolute atomic E-state index is 0.